The Kier molecular flexibility index (Phi) is 8.05. The molecule has 0 fully saturated rings. The van der Waals surface area contributed by atoms with Gasteiger partial charge in [-0.15, -0.1) is 20.5 Å². The summed E-state index contributed by atoms with van der Waals surface area (Å²) in [5.41, 5.74) is 12.0. The molecule has 0 aliphatic rings. The van der Waals surface area contributed by atoms with Crippen molar-refractivity contribution in [2.24, 2.45) is 20.5 Å². The van der Waals surface area contributed by atoms with Gasteiger partial charge in [-0.05, 0) is 72.1 Å². The molecule has 0 bridgehead atoms. The number of azo groups is 2. The zero-order valence-corrected chi connectivity index (χ0v) is 26.9. The summed E-state index contributed by atoms with van der Waals surface area (Å²) in [7, 11) is -14.2. The third-order valence-corrected chi connectivity index (χ3v) is 9.98. The average Bonchev–Trinajstić information content (AvgIpc) is 3.02. The molecule has 0 atom stereocenters. The van der Waals surface area contributed by atoms with Crippen LogP contribution in [0, 0.1) is 0 Å². The summed E-state index contributed by atoms with van der Waals surface area (Å²) in [6.07, 6.45) is 0. The fourth-order valence-corrected chi connectivity index (χ4v) is 6.75. The van der Waals surface area contributed by atoms with Crippen molar-refractivity contribution in [1.29, 1.82) is 0 Å². The highest BCUT2D eigenvalue weighted by atomic mass is 32.2. The highest BCUT2D eigenvalue weighted by molar-refractivity contribution is 7.86. The molecule has 0 radical (unpaired) electrons. The van der Waals surface area contributed by atoms with Crippen LogP contribution in [0.2, 0.25) is 0 Å². The van der Waals surface area contributed by atoms with Crippen LogP contribution in [-0.2, 0) is 30.4 Å². The minimum atomic E-state index is -4.94. The summed E-state index contributed by atoms with van der Waals surface area (Å²) in [6.45, 7) is 0. The first kappa shape index (κ1) is 33.3. The fraction of sp³-hybridized carbons (Fsp3) is 0. The number of rotatable bonds is 7. The van der Waals surface area contributed by atoms with Crippen LogP contribution in [0.3, 0.4) is 0 Å². The molecule has 6 aromatic rings. The molecule has 0 aromatic heterocycles. The van der Waals surface area contributed by atoms with Gasteiger partial charge < -0.3 is 16.6 Å². The molecule has 49 heavy (non-hydrogen) atoms. The maximum absolute atomic E-state index is 12.2. The van der Waals surface area contributed by atoms with Crippen molar-refractivity contribution in [3.8, 4) is 5.75 Å². The van der Waals surface area contributed by atoms with Crippen molar-refractivity contribution in [1.82, 2.24) is 0 Å². The predicted molar refractivity (Wildman–Crippen MR) is 180 cm³/mol. The van der Waals surface area contributed by atoms with Gasteiger partial charge in [0, 0.05) is 38.3 Å². The predicted octanol–water partition coefficient (Wildman–Crippen LogP) is 6.59. The summed E-state index contributed by atoms with van der Waals surface area (Å²) in [6, 6.07) is 18.2. The Balaban J connectivity index is 1.53. The Hall–Kier alpha value is -5.57. The van der Waals surface area contributed by atoms with E-state index in [4.69, 9.17) is 11.5 Å². The molecule has 8 N–H and O–H groups in total. The molecule has 6 aromatic carbocycles. The van der Waals surface area contributed by atoms with Crippen LogP contribution in [0.5, 0.6) is 5.75 Å². The molecule has 0 heterocycles. The molecule has 6 rings (SSSR count). The number of benzene rings is 6. The lowest BCUT2D eigenvalue weighted by molar-refractivity contribution is 0.472. The van der Waals surface area contributed by atoms with Crippen LogP contribution in [0.1, 0.15) is 0 Å². The second-order valence-electron chi connectivity index (χ2n) is 10.6. The van der Waals surface area contributed by atoms with Gasteiger partial charge in [0.25, 0.3) is 30.4 Å². The Morgan fingerprint density at radius 3 is 1.57 bits per heavy atom. The van der Waals surface area contributed by atoms with Gasteiger partial charge in [0.15, 0.2) is 5.75 Å². The lowest BCUT2D eigenvalue weighted by atomic mass is 10.1. The van der Waals surface area contributed by atoms with Crippen LogP contribution in [0.4, 0.5) is 34.1 Å². The number of fused-ring (bicyclic) bond motifs is 3. The fourth-order valence-electron chi connectivity index (χ4n) is 5.08. The number of nitrogens with two attached hydrogens (primary N) is 2. The lowest BCUT2D eigenvalue weighted by Gasteiger charge is -2.10. The quantitative estimate of drug-likeness (QED) is 0.0578. The number of phenols is 1. The highest BCUT2D eigenvalue weighted by Gasteiger charge is 2.23. The van der Waals surface area contributed by atoms with Crippen LogP contribution in [0.25, 0.3) is 32.3 Å². The normalized spacial score (nSPS) is 13.0. The molecular formula is C30H22N6O10S3. The van der Waals surface area contributed by atoms with Crippen molar-refractivity contribution in [3.05, 3.63) is 84.9 Å². The van der Waals surface area contributed by atoms with Crippen LogP contribution in [0.15, 0.2) is 120 Å². The second-order valence-corrected chi connectivity index (χ2v) is 14.8. The number of anilines is 2. The Labute approximate surface area is 277 Å². The average molecular weight is 723 g/mol. The van der Waals surface area contributed by atoms with E-state index in [0.29, 0.717) is 11.1 Å². The van der Waals surface area contributed by atoms with Gasteiger partial charge in [-0.1, -0.05) is 18.2 Å². The monoisotopic (exact) mass is 722 g/mol. The van der Waals surface area contributed by atoms with E-state index in [9.17, 15) is 44.0 Å². The summed E-state index contributed by atoms with van der Waals surface area (Å²) in [5.74, 6) is -0.664. The van der Waals surface area contributed by atoms with Crippen molar-refractivity contribution < 1.29 is 44.0 Å². The van der Waals surface area contributed by atoms with Gasteiger partial charge in [-0.25, -0.2) is 0 Å². The molecule has 19 heteroatoms. The van der Waals surface area contributed by atoms with Gasteiger partial charge in [-0.3, -0.25) is 13.7 Å². The maximum Gasteiger partial charge on any atom is 0.296 e. The molecule has 0 spiro atoms. The summed E-state index contributed by atoms with van der Waals surface area (Å²) in [4.78, 5) is -1.71. The topological polar surface area (TPSA) is 285 Å². The molecule has 0 aliphatic carbocycles. The van der Waals surface area contributed by atoms with Gasteiger partial charge >= 0.3 is 0 Å². The van der Waals surface area contributed by atoms with E-state index < -0.39 is 56.5 Å². The van der Waals surface area contributed by atoms with E-state index in [0.717, 1.165) is 18.2 Å². The molecule has 0 saturated heterocycles. The van der Waals surface area contributed by atoms with E-state index in [1.54, 1.807) is 0 Å². The van der Waals surface area contributed by atoms with E-state index >= 15 is 0 Å². The molecule has 0 amide bonds. The van der Waals surface area contributed by atoms with E-state index in [1.165, 1.54) is 66.7 Å². The first-order valence-electron chi connectivity index (χ1n) is 13.6. The van der Waals surface area contributed by atoms with Crippen LogP contribution in [-0.4, -0.2) is 44.0 Å². The minimum Gasteiger partial charge on any atom is -0.505 e. The van der Waals surface area contributed by atoms with Gasteiger partial charge in [-0.2, -0.15) is 25.3 Å². The van der Waals surface area contributed by atoms with E-state index in [2.05, 4.69) is 20.5 Å². The molecule has 0 unspecified atom stereocenters. The highest BCUT2D eigenvalue weighted by Crippen LogP contribution is 2.43. The molecule has 0 saturated carbocycles. The number of nitrogen functional groups attached to an aromatic ring is 2. The third kappa shape index (κ3) is 6.48. The largest absolute Gasteiger partial charge is 0.505 e. The summed E-state index contributed by atoms with van der Waals surface area (Å²) < 4.78 is 101. The van der Waals surface area contributed by atoms with Crippen molar-refractivity contribution in [2.75, 3.05) is 11.5 Å². The molecule has 250 valence electrons. The van der Waals surface area contributed by atoms with Crippen LogP contribution >= 0.6 is 0 Å². The van der Waals surface area contributed by atoms with Crippen molar-refractivity contribution in [2.45, 2.75) is 14.7 Å². The zero-order valence-electron chi connectivity index (χ0n) is 24.5. The third-order valence-electron chi connectivity index (χ3n) is 7.41. The van der Waals surface area contributed by atoms with Gasteiger partial charge in [0.1, 0.15) is 10.6 Å². The Bertz CT molecular complexity index is 2790. The molecular weight excluding hydrogens is 701 g/mol. The van der Waals surface area contributed by atoms with Crippen LogP contribution < -0.4 is 11.5 Å². The number of hydrogen-bond donors (Lipinski definition) is 6. The zero-order chi connectivity index (χ0) is 35.5. The summed E-state index contributed by atoms with van der Waals surface area (Å²) in [5, 5.41) is 28.6. The van der Waals surface area contributed by atoms with Gasteiger partial charge in [0.2, 0.25) is 0 Å². The standard InChI is InChI=1S/C30H22N6O10S3/c31-16-2-1-15-11-28(49(44,45)46)29(30(37)21(15)12-16)36-35-27-10-9-25(20-6-4-18(14-23(20)27)48(41,42)43)33-34-26-8-7-24(32)19-5-3-17(13-22(19)26)47(38,39)40/h1-14,37H,31-32H2,(H,38,39,40)(H,41,42,43)(H,44,45,46). The number of phenolic OH excluding ortho intramolecular Hbond substituents is 1. The molecule has 16 nitrogen and oxygen atoms in total. The number of nitrogens with zero attached hydrogens (tertiary/aromatic N) is 4. The Morgan fingerprint density at radius 1 is 0.490 bits per heavy atom. The second kappa shape index (κ2) is 11.8. The maximum atomic E-state index is 12.2. The summed E-state index contributed by atoms with van der Waals surface area (Å²) >= 11 is 0. The lowest BCUT2D eigenvalue weighted by Crippen LogP contribution is -1.99. The first-order valence-corrected chi connectivity index (χ1v) is 17.9. The first-order chi connectivity index (χ1) is 22.9. The van der Waals surface area contributed by atoms with Crippen molar-refractivity contribution >= 4 is 96.8 Å². The molecule has 0 aliphatic heterocycles. The minimum absolute atomic E-state index is 0.0316. The van der Waals surface area contributed by atoms with E-state index in [1.807, 2.05) is 0 Å². The number of hydrogen-bond acceptors (Lipinski definition) is 13. The smallest absolute Gasteiger partial charge is 0.296 e. The van der Waals surface area contributed by atoms with Crippen molar-refractivity contribution in [3.63, 3.8) is 0 Å². The van der Waals surface area contributed by atoms with E-state index in [-0.39, 0.29) is 49.7 Å². The van der Waals surface area contributed by atoms with Gasteiger partial charge in [0.05, 0.1) is 26.9 Å². The number of aromatic hydroxyl groups is 1. The Morgan fingerprint density at radius 2 is 1.00 bits per heavy atom. The SMILES string of the molecule is Nc1ccc2cc(S(=O)(=O)O)c(N=Nc3ccc(N=Nc4ccc(N)c5ccc(S(=O)(=O)O)cc45)c4ccc(S(=O)(=O)O)cc34)c(O)c2c1.